The van der Waals surface area contributed by atoms with E-state index in [0.717, 1.165) is 49.9 Å². The van der Waals surface area contributed by atoms with Crippen LogP contribution in [0.5, 0.6) is 0 Å². The number of allylic oxidation sites excluding steroid dienone is 3. The summed E-state index contributed by atoms with van der Waals surface area (Å²) in [5.41, 5.74) is 0.0430. The summed E-state index contributed by atoms with van der Waals surface area (Å²) in [4.78, 5) is 46.7. The molecule has 0 saturated heterocycles. The molecule has 1 aromatic rings. The highest BCUT2D eigenvalue weighted by atomic mass is 16.5. The van der Waals surface area contributed by atoms with Crippen molar-refractivity contribution in [3.05, 3.63) is 35.4 Å². The standard InChI is InChI=1S/C36H50N2O4/c1-21-10-13-36(31(41)42-9)15-14-34(7)25(28(36)22(21)2)18-26(39)29-33(6)19-24(20-38-17-16-37-23(38)3)30(40)32(4,5)27(33)11-12-35(29,34)8/h16-18,20-22,27-29H,10-15,19H2,1-9H3/b24-20-/t21-,22+,27?,28+,29-,33+,34-,35-,36+/m1/s1. The number of fused-ring (bicyclic) bond motifs is 7. The quantitative estimate of drug-likeness (QED) is 0.275. The molecule has 4 saturated carbocycles. The van der Waals surface area contributed by atoms with Crippen LogP contribution in [0.3, 0.4) is 0 Å². The maximum atomic E-state index is 14.8. The molecule has 6 heteroatoms. The van der Waals surface area contributed by atoms with Crippen LogP contribution in [0, 0.1) is 63.6 Å². The number of hydrogen-bond donors (Lipinski definition) is 0. The Morgan fingerprint density at radius 2 is 1.76 bits per heavy atom. The van der Waals surface area contributed by atoms with Crippen LogP contribution in [-0.4, -0.2) is 34.2 Å². The zero-order valence-electron chi connectivity index (χ0n) is 27.2. The first-order valence-corrected chi connectivity index (χ1v) is 16.2. The van der Waals surface area contributed by atoms with E-state index in [1.807, 2.05) is 30.0 Å². The van der Waals surface area contributed by atoms with E-state index in [9.17, 15) is 14.4 Å². The summed E-state index contributed by atoms with van der Waals surface area (Å²) in [6.45, 7) is 17.8. The Bertz CT molecular complexity index is 1420. The molecule has 5 aliphatic rings. The van der Waals surface area contributed by atoms with Crippen LogP contribution >= 0.6 is 0 Å². The zero-order valence-corrected chi connectivity index (χ0v) is 27.2. The monoisotopic (exact) mass is 574 g/mol. The van der Waals surface area contributed by atoms with Gasteiger partial charge in [0.1, 0.15) is 5.82 Å². The van der Waals surface area contributed by atoms with Gasteiger partial charge in [-0.3, -0.25) is 14.4 Å². The highest BCUT2D eigenvalue weighted by Crippen LogP contribution is 2.75. The average molecular weight is 575 g/mol. The summed E-state index contributed by atoms with van der Waals surface area (Å²) >= 11 is 0. The molecule has 6 rings (SSSR count). The molecular formula is C36H50N2O4. The predicted molar refractivity (Wildman–Crippen MR) is 163 cm³/mol. The Labute approximate surface area is 251 Å². The largest absolute Gasteiger partial charge is 0.469 e. The summed E-state index contributed by atoms with van der Waals surface area (Å²) in [6.07, 6.45) is 13.6. The molecule has 6 nitrogen and oxygen atoms in total. The fourth-order valence-corrected chi connectivity index (χ4v) is 11.5. The van der Waals surface area contributed by atoms with Gasteiger partial charge in [0, 0.05) is 35.5 Å². The van der Waals surface area contributed by atoms with E-state index in [1.165, 1.54) is 12.7 Å². The number of carbonyl (C=O) groups is 3. The van der Waals surface area contributed by atoms with Crippen molar-refractivity contribution in [3.63, 3.8) is 0 Å². The summed E-state index contributed by atoms with van der Waals surface area (Å²) in [6, 6.07) is 0. The van der Waals surface area contributed by atoms with Crippen LogP contribution in [0.2, 0.25) is 0 Å². The highest BCUT2D eigenvalue weighted by Gasteiger charge is 2.72. The molecule has 0 bridgehead atoms. The molecule has 5 aliphatic carbocycles. The lowest BCUT2D eigenvalue weighted by atomic mass is 9.33. The third kappa shape index (κ3) is 3.56. The number of ketones is 2. The number of hydrogen-bond acceptors (Lipinski definition) is 5. The van der Waals surface area contributed by atoms with E-state index in [-0.39, 0.29) is 51.5 Å². The van der Waals surface area contributed by atoms with E-state index in [4.69, 9.17) is 4.74 Å². The van der Waals surface area contributed by atoms with Crippen molar-refractivity contribution in [1.29, 1.82) is 0 Å². The van der Waals surface area contributed by atoms with Gasteiger partial charge in [-0.05, 0) is 97.9 Å². The lowest BCUT2D eigenvalue weighted by Crippen LogP contribution is -2.67. The summed E-state index contributed by atoms with van der Waals surface area (Å²) in [5, 5.41) is 0. The number of ether oxygens (including phenoxy) is 1. The molecule has 1 heterocycles. The second kappa shape index (κ2) is 9.25. The predicted octanol–water partition coefficient (Wildman–Crippen LogP) is 7.22. The molecule has 0 aliphatic heterocycles. The molecule has 9 atom stereocenters. The fourth-order valence-electron chi connectivity index (χ4n) is 11.5. The molecule has 1 unspecified atom stereocenters. The number of methoxy groups -OCH3 is 1. The van der Waals surface area contributed by atoms with Gasteiger partial charge in [-0.1, -0.05) is 54.0 Å². The van der Waals surface area contributed by atoms with Gasteiger partial charge in [-0.15, -0.1) is 0 Å². The number of carbonyl (C=O) groups excluding carboxylic acids is 3. The lowest BCUT2D eigenvalue weighted by molar-refractivity contribution is -0.189. The van der Waals surface area contributed by atoms with Crippen LogP contribution < -0.4 is 0 Å². The van der Waals surface area contributed by atoms with Crippen molar-refractivity contribution in [1.82, 2.24) is 9.55 Å². The Kier molecular flexibility index (Phi) is 6.51. The van der Waals surface area contributed by atoms with Gasteiger partial charge in [0.2, 0.25) is 0 Å². The molecule has 1 aromatic heterocycles. The van der Waals surface area contributed by atoms with Gasteiger partial charge in [0.05, 0.1) is 12.5 Å². The zero-order chi connectivity index (χ0) is 30.6. The number of aromatic nitrogens is 2. The van der Waals surface area contributed by atoms with Gasteiger partial charge in [-0.25, -0.2) is 4.98 Å². The molecule has 228 valence electrons. The lowest BCUT2D eigenvalue weighted by Gasteiger charge is -2.70. The van der Waals surface area contributed by atoms with Crippen molar-refractivity contribution in [2.24, 2.45) is 56.7 Å². The maximum Gasteiger partial charge on any atom is 0.312 e. The first-order valence-electron chi connectivity index (χ1n) is 16.2. The number of aryl methyl sites for hydroxylation is 1. The van der Waals surface area contributed by atoms with E-state index in [2.05, 4.69) is 53.5 Å². The number of esters is 1. The Morgan fingerprint density at radius 1 is 1.05 bits per heavy atom. The number of nitrogens with zero attached hydrogens (tertiary/aromatic N) is 2. The number of rotatable bonds is 2. The van der Waals surface area contributed by atoms with Gasteiger partial charge < -0.3 is 9.30 Å². The van der Waals surface area contributed by atoms with Crippen LogP contribution in [0.15, 0.2) is 29.6 Å². The van der Waals surface area contributed by atoms with Crippen molar-refractivity contribution in [2.45, 2.75) is 100 Å². The maximum absolute atomic E-state index is 14.8. The van der Waals surface area contributed by atoms with Gasteiger partial charge in [-0.2, -0.15) is 0 Å². The molecule has 0 N–H and O–H groups in total. The fraction of sp³-hybridized carbons (Fsp3) is 0.722. The summed E-state index contributed by atoms with van der Waals surface area (Å²) in [5.74, 6) is 1.85. The SMILES string of the molecule is COC(=O)[C@]12CC[C@@H](C)[C@H](C)[C@H]1C1=CC(=O)[C@@H]3[C@@]4(C)C/C(=C/n5ccnc5C)C(=O)C(C)(C)C4CC[C@@]3(C)[C@]1(C)CC2. The molecular weight excluding hydrogens is 524 g/mol. The van der Waals surface area contributed by atoms with Crippen LogP contribution in [0.1, 0.15) is 99.2 Å². The second-order valence-electron chi connectivity index (χ2n) is 16.0. The first-order chi connectivity index (χ1) is 19.6. The molecule has 0 radical (unpaired) electrons. The molecule has 0 spiro atoms. The Morgan fingerprint density at radius 3 is 2.40 bits per heavy atom. The Hall–Kier alpha value is -2.50. The second-order valence-corrected chi connectivity index (χ2v) is 16.0. The van der Waals surface area contributed by atoms with E-state index in [0.29, 0.717) is 18.3 Å². The smallest absolute Gasteiger partial charge is 0.312 e. The van der Waals surface area contributed by atoms with E-state index in [1.54, 1.807) is 6.20 Å². The molecule has 42 heavy (non-hydrogen) atoms. The van der Waals surface area contributed by atoms with Crippen LogP contribution in [0.25, 0.3) is 6.20 Å². The normalized spacial score (nSPS) is 45.3. The van der Waals surface area contributed by atoms with Gasteiger partial charge in [0.25, 0.3) is 0 Å². The summed E-state index contributed by atoms with van der Waals surface area (Å²) < 4.78 is 7.43. The average Bonchev–Trinajstić information content (AvgIpc) is 3.33. The minimum Gasteiger partial charge on any atom is -0.469 e. The van der Waals surface area contributed by atoms with Gasteiger partial charge >= 0.3 is 5.97 Å². The van der Waals surface area contributed by atoms with E-state index < -0.39 is 10.8 Å². The van der Waals surface area contributed by atoms with Crippen molar-refractivity contribution < 1.29 is 19.1 Å². The van der Waals surface area contributed by atoms with E-state index >= 15 is 0 Å². The molecule has 0 aromatic carbocycles. The summed E-state index contributed by atoms with van der Waals surface area (Å²) in [7, 11) is 1.52. The van der Waals surface area contributed by atoms with Crippen molar-refractivity contribution >= 4 is 23.7 Å². The minimum atomic E-state index is -0.570. The third-order valence-electron chi connectivity index (χ3n) is 14.1. The molecule has 4 fully saturated rings. The van der Waals surface area contributed by atoms with Gasteiger partial charge in [0.15, 0.2) is 11.6 Å². The van der Waals surface area contributed by atoms with Crippen LogP contribution in [-0.2, 0) is 19.1 Å². The first kappa shape index (κ1) is 29.6. The molecule has 0 amide bonds. The third-order valence-corrected chi connectivity index (χ3v) is 14.1. The highest BCUT2D eigenvalue weighted by molar-refractivity contribution is 6.04. The topological polar surface area (TPSA) is 78.3 Å². The van der Waals surface area contributed by atoms with Crippen molar-refractivity contribution in [2.75, 3.05) is 7.11 Å². The van der Waals surface area contributed by atoms with Crippen molar-refractivity contribution in [3.8, 4) is 0 Å². The number of Topliss-reactive ketones (excluding diaryl/α,β-unsaturated/α-hetero) is 1. The van der Waals surface area contributed by atoms with Crippen LogP contribution in [0.4, 0.5) is 0 Å². The Balaban J connectivity index is 1.50. The number of imidazole rings is 1. The minimum absolute atomic E-state index is 0.0174.